The van der Waals surface area contributed by atoms with Crippen molar-refractivity contribution in [3.8, 4) is 0 Å². The fourth-order valence-electron chi connectivity index (χ4n) is 3.26. The van der Waals surface area contributed by atoms with Crippen LogP contribution in [0.25, 0.3) is 0 Å². The fourth-order valence-corrected chi connectivity index (χ4v) is 3.48. The number of anilines is 2. The van der Waals surface area contributed by atoms with E-state index in [-0.39, 0.29) is 11.7 Å². The number of carbonyl (C=O) groups excluding carboxylic acids is 3. The second-order valence-electron chi connectivity index (χ2n) is 8.85. The van der Waals surface area contributed by atoms with Crippen LogP contribution >= 0.6 is 11.6 Å². The van der Waals surface area contributed by atoms with Crippen LogP contribution in [0.3, 0.4) is 0 Å². The van der Waals surface area contributed by atoms with Crippen molar-refractivity contribution in [2.24, 2.45) is 0 Å². The zero-order valence-corrected chi connectivity index (χ0v) is 19.9. The number of allylic oxidation sites excluding steroid dienone is 2. The van der Waals surface area contributed by atoms with E-state index < -0.39 is 11.7 Å². The van der Waals surface area contributed by atoms with Gasteiger partial charge in [-0.2, -0.15) is 0 Å². The minimum atomic E-state index is -0.554. The first-order valence-corrected chi connectivity index (χ1v) is 11.1. The third kappa shape index (κ3) is 6.83. The number of hydrogen-bond acceptors (Lipinski definition) is 5. The second kappa shape index (κ2) is 10.1. The Morgan fingerprint density at radius 2 is 1.76 bits per heavy atom. The zero-order chi connectivity index (χ0) is 24.2. The Kier molecular flexibility index (Phi) is 7.43. The molecule has 0 fully saturated rings. The van der Waals surface area contributed by atoms with Gasteiger partial charge in [0.15, 0.2) is 5.78 Å². The molecule has 2 aromatic carbocycles. The molecule has 3 N–H and O–H groups in total. The van der Waals surface area contributed by atoms with Crippen molar-refractivity contribution in [1.29, 1.82) is 0 Å². The summed E-state index contributed by atoms with van der Waals surface area (Å²) >= 11 is 6.37. The van der Waals surface area contributed by atoms with E-state index in [1.165, 1.54) is 0 Å². The summed E-state index contributed by atoms with van der Waals surface area (Å²) in [6, 6.07) is 12.1. The third-order valence-electron chi connectivity index (χ3n) is 5.04. The van der Waals surface area contributed by atoms with Crippen molar-refractivity contribution in [3.63, 3.8) is 0 Å². The van der Waals surface area contributed by atoms with E-state index >= 15 is 0 Å². The molecule has 0 aromatic heterocycles. The van der Waals surface area contributed by atoms with Crippen molar-refractivity contribution in [2.75, 3.05) is 10.6 Å². The predicted molar refractivity (Wildman–Crippen MR) is 129 cm³/mol. The van der Waals surface area contributed by atoms with Gasteiger partial charge in [-0.15, -0.1) is 0 Å². The van der Waals surface area contributed by atoms with Crippen molar-refractivity contribution >= 4 is 40.8 Å². The van der Waals surface area contributed by atoms with Gasteiger partial charge in [-0.1, -0.05) is 23.7 Å². The molecule has 0 saturated carbocycles. The van der Waals surface area contributed by atoms with Crippen LogP contribution in [0.15, 0.2) is 53.7 Å². The van der Waals surface area contributed by atoms with Crippen LogP contribution in [0.1, 0.15) is 56.5 Å². The highest BCUT2D eigenvalue weighted by Crippen LogP contribution is 2.29. The van der Waals surface area contributed by atoms with Gasteiger partial charge in [0.1, 0.15) is 5.60 Å². The fraction of sp³-hybridized carbons (Fsp3) is 0.320. The van der Waals surface area contributed by atoms with Gasteiger partial charge < -0.3 is 20.7 Å². The number of benzene rings is 2. The van der Waals surface area contributed by atoms with Crippen LogP contribution in [0.2, 0.25) is 5.02 Å². The number of amides is 2. The van der Waals surface area contributed by atoms with Crippen LogP contribution in [-0.2, 0) is 16.1 Å². The summed E-state index contributed by atoms with van der Waals surface area (Å²) in [6.45, 7) is 7.52. The molecule has 1 aliphatic carbocycles. The Bertz CT molecular complexity index is 1100. The smallest absolute Gasteiger partial charge is 0.407 e. The number of rotatable bonds is 6. The van der Waals surface area contributed by atoms with E-state index in [1.807, 2.05) is 12.1 Å². The summed E-state index contributed by atoms with van der Waals surface area (Å²) in [4.78, 5) is 36.1. The number of ketones is 1. The van der Waals surface area contributed by atoms with Crippen molar-refractivity contribution in [2.45, 2.75) is 52.7 Å². The van der Waals surface area contributed by atoms with E-state index in [1.54, 1.807) is 58.0 Å². The van der Waals surface area contributed by atoms with Crippen LogP contribution < -0.4 is 16.0 Å². The lowest BCUT2D eigenvalue weighted by atomic mass is 10.1. The standard InChI is InChI=1S/C25H28ClN3O4/c1-15-20(11-12-22(15)30)29-21-10-7-17(13-19(21)26)23(31)28-18-8-5-16(6-9-18)14-27-24(32)33-25(2,3)4/h5-10,13,29H,11-12,14H2,1-4H3,(H,27,32)(H,28,31). The quantitative estimate of drug-likeness (QED) is 0.506. The second-order valence-corrected chi connectivity index (χ2v) is 9.26. The molecule has 0 atom stereocenters. The Hall–Kier alpha value is -3.32. The van der Waals surface area contributed by atoms with E-state index in [0.717, 1.165) is 16.8 Å². The topological polar surface area (TPSA) is 96.5 Å². The van der Waals surface area contributed by atoms with Gasteiger partial charge in [0.2, 0.25) is 0 Å². The van der Waals surface area contributed by atoms with Gasteiger partial charge in [0.25, 0.3) is 5.91 Å². The van der Waals surface area contributed by atoms with Crippen LogP contribution in [0.4, 0.5) is 16.2 Å². The van der Waals surface area contributed by atoms with E-state index in [4.69, 9.17) is 16.3 Å². The van der Waals surface area contributed by atoms with Crippen molar-refractivity contribution in [1.82, 2.24) is 5.32 Å². The SMILES string of the molecule is CC1=C(Nc2ccc(C(=O)Nc3ccc(CNC(=O)OC(C)(C)C)cc3)cc2Cl)CCC1=O. The first-order chi connectivity index (χ1) is 15.5. The first kappa shape index (κ1) is 24.3. The monoisotopic (exact) mass is 469 g/mol. The highest BCUT2D eigenvalue weighted by atomic mass is 35.5. The molecule has 174 valence electrons. The number of halogens is 1. The van der Waals surface area contributed by atoms with Crippen LogP contribution in [0, 0.1) is 0 Å². The summed E-state index contributed by atoms with van der Waals surface area (Å²) < 4.78 is 5.21. The molecule has 0 spiro atoms. The molecule has 33 heavy (non-hydrogen) atoms. The molecule has 3 rings (SSSR count). The molecular weight excluding hydrogens is 442 g/mol. The molecule has 0 unspecified atom stereocenters. The maximum absolute atomic E-state index is 12.6. The summed E-state index contributed by atoms with van der Waals surface area (Å²) in [6.07, 6.45) is 0.676. The predicted octanol–water partition coefficient (Wildman–Crippen LogP) is 5.67. The first-order valence-electron chi connectivity index (χ1n) is 10.7. The average Bonchev–Trinajstić information content (AvgIpc) is 3.05. The molecule has 0 saturated heterocycles. The number of hydrogen-bond donors (Lipinski definition) is 3. The maximum atomic E-state index is 12.6. The molecular formula is C25H28ClN3O4. The number of Topliss-reactive ketones (excluding diaryl/α,β-unsaturated/α-hetero) is 1. The van der Waals surface area contributed by atoms with Gasteiger partial charge in [-0.3, -0.25) is 9.59 Å². The van der Waals surface area contributed by atoms with Crippen LogP contribution in [0.5, 0.6) is 0 Å². The number of carbonyl (C=O) groups is 3. The summed E-state index contributed by atoms with van der Waals surface area (Å²) in [5.41, 5.74) is 3.57. The lowest BCUT2D eigenvalue weighted by molar-refractivity contribution is -0.114. The normalized spacial score (nSPS) is 13.7. The zero-order valence-electron chi connectivity index (χ0n) is 19.2. The Balaban J connectivity index is 1.57. The van der Waals surface area contributed by atoms with Gasteiger partial charge in [-0.25, -0.2) is 4.79 Å². The summed E-state index contributed by atoms with van der Waals surface area (Å²) in [5, 5.41) is 9.12. The molecule has 2 amide bonds. The van der Waals surface area contributed by atoms with E-state index in [0.29, 0.717) is 41.3 Å². The Morgan fingerprint density at radius 3 is 2.33 bits per heavy atom. The van der Waals surface area contributed by atoms with Crippen molar-refractivity contribution in [3.05, 3.63) is 69.9 Å². The molecule has 2 aromatic rings. The molecule has 1 aliphatic rings. The summed E-state index contributed by atoms with van der Waals surface area (Å²) in [5.74, 6) is -0.161. The summed E-state index contributed by atoms with van der Waals surface area (Å²) in [7, 11) is 0. The molecule has 0 radical (unpaired) electrons. The third-order valence-corrected chi connectivity index (χ3v) is 5.35. The highest BCUT2D eigenvalue weighted by molar-refractivity contribution is 6.33. The van der Waals surface area contributed by atoms with E-state index in [2.05, 4.69) is 16.0 Å². The minimum Gasteiger partial charge on any atom is -0.444 e. The Morgan fingerprint density at radius 1 is 1.06 bits per heavy atom. The lowest BCUT2D eigenvalue weighted by Crippen LogP contribution is -2.32. The number of nitrogens with one attached hydrogen (secondary N) is 3. The number of alkyl carbamates (subject to hydrolysis) is 1. The number of ether oxygens (including phenoxy) is 1. The molecule has 8 heteroatoms. The molecule has 7 nitrogen and oxygen atoms in total. The maximum Gasteiger partial charge on any atom is 0.407 e. The molecule has 0 bridgehead atoms. The lowest BCUT2D eigenvalue weighted by Gasteiger charge is -2.19. The highest BCUT2D eigenvalue weighted by Gasteiger charge is 2.20. The average molecular weight is 470 g/mol. The minimum absolute atomic E-state index is 0.135. The Labute approximate surface area is 198 Å². The van der Waals surface area contributed by atoms with Crippen molar-refractivity contribution < 1.29 is 19.1 Å². The van der Waals surface area contributed by atoms with Gasteiger partial charge in [0, 0.05) is 35.5 Å². The molecule has 0 aliphatic heterocycles. The van der Waals surface area contributed by atoms with Gasteiger partial charge in [0.05, 0.1) is 10.7 Å². The van der Waals surface area contributed by atoms with Gasteiger partial charge >= 0.3 is 6.09 Å². The van der Waals surface area contributed by atoms with Gasteiger partial charge in [-0.05, 0) is 70.0 Å². The van der Waals surface area contributed by atoms with Crippen LogP contribution in [-0.4, -0.2) is 23.4 Å². The van der Waals surface area contributed by atoms with E-state index in [9.17, 15) is 14.4 Å². The molecule has 0 heterocycles. The largest absolute Gasteiger partial charge is 0.444 e.